The summed E-state index contributed by atoms with van der Waals surface area (Å²) in [6, 6.07) is 15.1. The zero-order valence-corrected chi connectivity index (χ0v) is 18.4. The minimum absolute atomic E-state index is 0.0204. The van der Waals surface area contributed by atoms with Crippen LogP contribution in [0.4, 0.5) is 20.2 Å². The van der Waals surface area contributed by atoms with E-state index in [0.717, 1.165) is 45.3 Å². The quantitative estimate of drug-likeness (QED) is 0.393. The van der Waals surface area contributed by atoms with Crippen molar-refractivity contribution >= 4 is 16.9 Å². The van der Waals surface area contributed by atoms with Crippen LogP contribution in [-0.2, 0) is 6.42 Å². The first-order valence-corrected chi connectivity index (χ1v) is 10.5. The number of aryl methyl sites for hydroxylation is 2. The lowest BCUT2D eigenvalue weighted by molar-refractivity contribution is 0.298. The second kappa shape index (κ2) is 9.34. The highest BCUT2D eigenvalue weighted by Gasteiger charge is 2.12. The van der Waals surface area contributed by atoms with Crippen molar-refractivity contribution in [2.45, 2.75) is 20.3 Å². The van der Waals surface area contributed by atoms with Gasteiger partial charge in [0.05, 0.1) is 23.3 Å². The average Bonchev–Trinajstić information content (AvgIpc) is 3.25. The van der Waals surface area contributed by atoms with Gasteiger partial charge in [0, 0.05) is 24.8 Å². The van der Waals surface area contributed by atoms with E-state index in [4.69, 9.17) is 5.11 Å². The van der Waals surface area contributed by atoms with Crippen LogP contribution in [0.25, 0.3) is 11.3 Å². The zero-order valence-electron chi connectivity index (χ0n) is 18.4. The summed E-state index contributed by atoms with van der Waals surface area (Å²) in [5.41, 5.74) is 7.27. The Kier molecular flexibility index (Phi) is 6.33. The molecule has 0 saturated heterocycles. The molecule has 3 aromatic carbocycles. The molecule has 168 valence electrons. The van der Waals surface area contributed by atoms with Crippen LogP contribution >= 0.6 is 0 Å². The SMILES string of the molecule is C=C(c1ccc(Nc2ccc(F)cc2F)cc1C)c1cc(-n2cc(CCO)nn2)ccc1C. The summed E-state index contributed by atoms with van der Waals surface area (Å²) in [7, 11) is 0. The van der Waals surface area contributed by atoms with Crippen molar-refractivity contribution in [1.29, 1.82) is 0 Å². The molecule has 0 unspecified atom stereocenters. The Morgan fingerprint density at radius 1 is 1.00 bits per heavy atom. The summed E-state index contributed by atoms with van der Waals surface area (Å²) >= 11 is 0. The van der Waals surface area contributed by atoms with Crippen LogP contribution in [0, 0.1) is 25.5 Å². The van der Waals surface area contributed by atoms with Crippen molar-refractivity contribution in [3.8, 4) is 5.69 Å². The third-order valence-corrected chi connectivity index (χ3v) is 5.48. The third kappa shape index (κ3) is 4.83. The molecule has 4 aromatic rings. The van der Waals surface area contributed by atoms with E-state index in [1.807, 2.05) is 50.2 Å². The van der Waals surface area contributed by atoms with Gasteiger partial charge in [0.25, 0.3) is 0 Å². The number of nitrogens with zero attached hydrogens (tertiary/aromatic N) is 3. The Morgan fingerprint density at radius 2 is 1.82 bits per heavy atom. The molecule has 4 rings (SSSR count). The van der Waals surface area contributed by atoms with E-state index in [9.17, 15) is 8.78 Å². The van der Waals surface area contributed by atoms with E-state index in [1.165, 1.54) is 12.1 Å². The van der Waals surface area contributed by atoms with Crippen molar-refractivity contribution in [3.05, 3.63) is 107 Å². The highest BCUT2D eigenvalue weighted by atomic mass is 19.1. The van der Waals surface area contributed by atoms with Crippen molar-refractivity contribution in [2.75, 3.05) is 11.9 Å². The largest absolute Gasteiger partial charge is 0.396 e. The Hall–Kier alpha value is -3.84. The molecule has 0 spiro atoms. The molecule has 0 aliphatic carbocycles. The monoisotopic (exact) mass is 446 g/mol. The predicted octanol–water partition coefficient (Wildman–Crippen LogP) is 5.50. The molecular weight excluding hydrogens is 422 g/mol. The number of aliphatic hydroxyl groups excluding tert-OH is 1. The first-order chi connectivity index (χ1) is 15.9. The lowest BCUT2D eigenvalue weighted by Gasteiger charge is -2.16. The maximum atomic E-state index is 14.0. The molecule has 0 fully saturated rings. The van der Waals surface area contributed by atoms with Crippen LogP contribution in [0.15, 0.2) is 67.4 Å². The highest BCUT2D eigenvalue weighted by Crippen LogP contribution is 2.31. The van der Waals surface area contributed by atoms with Gasteiger partial charge in [0.15, 0.2) is 0 Å². The Balaban J connectivity index is 1.61. The maximum Gasteiger partial charge on any atom is 0.149 e. The molecule has 2 N–H and O–H groups in total. The van der Waals surface area contributed by atoms with Crippen LogP contribution in [0.2, 0.25) is 0 Å². The number of nitrogens with one attached hydrogen (secondary N) is 1. The minimum Gasteiger partial charge on any atom is -0.396 e. The molecule has 0 aliphatic rings. The van der Waals surface area contributed by atoms with E-state index < -0.39 is 11.6 Å². The van der Waals surface area contributed by atoms with Gasteiger partial charge < -0.3 is 10.4 Å². The number of halogens is 2. The number of hydrogen-bond acceptors (Lipinski definition) is 4. The number of anilines is 2. The van der Waals surface area contributed by atoms with E-state index in [0.29, 0.717) is 12.1 Å². The molecule has 0 radical (unpaired) electrons. The van der Waals surface area contributed by atoms with Gasteiger partial charge in [0.1, 0.15) is 11.6 Å². The fraction of sp³-hybridized carbons (Fsp3) is 0.154. The lowest BCUT2D eigenvalue weighted by atomic mass is 9.92. The van der Waals surface area contributed by atoms with Gasteiger partial charge in [-0.2, -0.15) is 0 Å². The standard InChI is InChI=1S/C26H24F2N4O/c1-16-4-7-22(32-15-21(10-11-33)30-31-32)14-24(16)18(3)23-8-6-20(12-17(23)2)29-26-9-5-19(27)13-25(26)28/h4-9,12-15,29,33H,3,10-11H2,1-2H3. The van der Waals surface area contributed by atoms with E-state index in [2.05, 4.69) is 22.2 Å². The number of rotatable bonds is 7. The van der Waals surface area contributed by atoms with E-state index in [-0.39, 0.29) is 12.3 Å². The second-order valence-corrected chi connectivity index (χ2v) is 7.88. The van der Waals surface area contributed by atoms with Crippen LogP contribution in [0.3, 0.4) is 0 Å². The number of benzene rings is 3. The summed E-state index contributed by atoms with van der Waals surface area (Å²) < 4.78 is 28.8. The second-order valence-electron chi connectivity index (χ2n) is 7.88. The van der Waals surface area contributed by atoms with Crippen molar-refractivity contribution < 1.29 is 13.9 Å². The Bertz CT molecular complexity index is 1330. The van der Waals surface area contributed by atoms with Gasteiger partial charge in [0.2, 0.25) is 0 Å². The molecule has 0 saturated carbocycles. The summed E-state index contributed by atoms with van der Waals surface area (Å²) in [6.07, 6.45) is 2.25. The minimum atomic E-state index is -0.649. The fourth-order valence-electron chi connectivity index (χ4n) is 3.70. The van der Waals surface area contributed by atoms with Crippen LogP contribution in [-0.4, -0.2) is 26.7 Å². The maximum absolute atomic E-state index is 14.0. The summed E-state index contributed by atoms with van der Waals surface area (Å²) in [4.78, 5) is 0. The molecule has 1 heterocycles. The van der Waals surface area contributed by atoms with Crippen molar-refractivity contribution in [2.24, 2.45) is 0 Å². The number of aliphatic hydroxyl groups is 1. The van der Waals surface area contributed by atoms with Gasteiger partial charge in [-0.1, -0.05) is 23.9 Å². The van der Waals surface area contributed by atoms with Gasteiger partial charge in [-0.15, -0.1) is 5.10 Å². The van der Waals surface area contributed by atoms with Gasteiger partial charge in [-0.05, 0) is 78.1 Å². The Morgan fingerprint density at radius 3 is 2.55 bits per heavy atom. The molecule has 0 bridgehead atoms. The number of hydrogen-bond donors (Lipinski definition) is 2. The lowest BCUT2D eigenvalue weighted by Crippen LogP contribution is -2.00. The molecule has 1 aromatic heterocycles. The summed E-state index contributed by atoms with van der Waals surface area (Å²) in [6.45, 7) is 8.33. The zero-order chi connectivity index (χ0) is 23.5. The summed E-state index contributed by atoms with van der Waals surface area (Å²) in [5, 5.41) is 20.3. The third-order valence-electron chi connectivity index (χ3n) is 5.48. The topological polar surface area (TPSA) is 63.0 Å². The first kappa shape index (κ1) is 22.4. The predicted molar refractivity (Wildman–Crippen MR) is 126 cm³/mol. The normalized spacial score (nSPS) is 10.9. The molecule has 33 heavy (non-hydrogen) atoms. The average molecular weight is 447 g/mol. The molecule has 0 amide bonds. The highest BCUT2D eigenvalue weighted by molar-refractivity contribution is 5.83. The Labute approximate surface area is 191 Å². The molecule has 0 atom stereocenters. The first-order valence-electron chi connectivity index (χ1n) is 10.5. The van der Waals surface area contributed by atoms with Crippen LogP contribution < -0.4 is 5.32 Å². The summed E-state index contributed by atoms with van der Waals surface area (Å²) in [5.74, 6) is -1.27. The van der Waals surface area contributed by atoms with Crippen LogP contribution in [0.5, 0.6) is 0 Å². The van der Waals surface area contributed by atoms with E-state index >= 15 is 0 Å². The fourth-order valence-corrected chi connectivity index (χ4v) is 3.70. The van der Waals surface area contributed by atoms with E-state index in [1.54, 1.807) is 10.9 Å². The van der Waals surface area contributed by atoms with Gasteiger partial charge in [-0.3, -0.25) is 0 Å². The smallest absolute Gasteiger partial charge is 0.149 e. The molecule has 5 nitrogen and oxygen atoms in total. The van der Waals surface area contributed by atoms with Gasteiger partial charge in [-0.25, -0.2) is 13.5 Å². The molecular formula is C26H24F2N4O. The molecule has 0 aliphatic heterocycles. The van der Waals surface area contributed by atoms with Gasteiger partial charge >= 0.3 is 0 Å². The molecule has 7 heteroatoms. The van der Waals surface area contributed by atoms with Crippen LogP contribution in [0.1, 0.15) is 27.9 Å². The van der Waals surface area contributed by atoms with Crippen molar-refractivity contribution in [3.63, 3.8) is 0 Å². The van der Waals surface area contributed by atoms with Crippen molar-refractivity contribution in [1.82, 2.24) is 15.0 Å². The number of aromatic nitrogens is 3.